The second-order valence-electron chi connectivity index (χ2n) is 5.94. The molecule has 22 heavy (non-hydrogen) atoms. The monoisotopic (exact) mass is 299 g/mol. The standard InChI is InChI=1S/C17H21N3O2/c1-11(2)12-5-3-6-13(9-12)17(21)18-16-10-14(19-20-16)15-7-4-8-22-15/h3,5-6,9-11,15H,4,7-8H2,1-2H3,(H2,18,19,20,21). The molecule has 1 fully saturated rings. The largest absolute Gasteiger partial charge is 0.372 e. The number of benzene rings is 1. The Morgan fingerprint density at radius 2 is 2.27 bits per heavy atom. The van der Waals surface area contributed by atoms with Crippen molar-refractivity contribution >= 4 is 11.7 Å². The van der Waals surface area contributed by atoms with Gasteiger partial charge in [0.05, 0.1) is 11.8 Å². The first-order chi connectivity index (χ1) is 10.6. The van der Waals surface area contributed by atoms with Gasteiger partial charge in [0.2, 0.25) is 0 Å². The highest BCUT2D eigenvalue weighted by molar-refractivity contribution is 6.03. The third-order valence-corrected chi connectivity index (χ3v) is 3.93. The van der Waals surface area contributed by atoms with E-state index >= 15 is 0 Å². The summed E-state index contributed by atoms with van der Waals surface area (Å²) in [6, 6.07) is 9.53. The first-order valence-electron chi connectivity index (χ1n) is 7.71. The fourth-order valence-electron chi connectivity index (χ4n) is 2.62. The maximum atomic E-state index is 12.3. The van der Waals surface area contributed by atoms with E-state index in [1.165, 1.54) is 0 Å². The molecule has 2 N–H and O–H groups in total. The quantitative estimate of drug-likeness (QED) is 0.905. The lowest BCUT2D eigenvalue weighted by Crippen LogP contribution is -2.12. The number of ether oxygens (including phenoxy) is 1. The summed E-state index contributed by atoms with van der Waals surface area (Å²) in [6.07, 6.45) is 2.13. The van der Waals surface area contributed by atoms with Crippen LogP contribution in [0, 0.1) is 0 Å². The van der Waals surface area contributed by atoms with Crippen LogP contribution in [0.25, 0.3) is 0 Å². The average Bonchev–Trinajstić information content (AvgIpc) is 3.18. The zero-order valence-corrected chi connectivity index (χ0v) is 12.9. The van der Waals surface area contributed by atoms with Crippen LogP contribution in [0.3, 0.4) is 0 Å². The number of carbonyl (C=O) groups is 1. The van der Waals surface area contributed by atoms with Crippen LogP contribution in [-0.4, -0.2) is 22.7 Å². The molecule has 0 spiro atoms. The van der Waals surface area contributed by atoms with Crippen molar-refractivity contribution in [2.45, 2.75) is 38.7 Å². The highest BCUT2D eigenvalue weighted by atomic mass is 16.5. The van der Waals surface area contributed by atoms with Crippen molar-refractivity contribution in [3.63, 3.8) is 0 Å². The van der Waals surface area contributed by atoms with E-state index in [0.29, 0.717) is 17.3 Å². The van der Waals surface area contributed by atoms with E-state index in [0.717, 1.165) is 30.7 Å². The minimum absolute atomic E-state index is 0.0717. The zero-order chi connectivity index (χ0) is 15.5. The van der Waals surface area contributed by atoms with Gasteiger partial charge in [0.15, 0.2) is 5.82 Å². The Morgan fingerprint density at radius 3 is 3.00 bits per heavy atom. The molecule has 1 aromatic carbocycles. The molecule has 5 heteroatoms. The molecule has 1 saturated heterocycles. The van der Waals surface area contributed by atoms with Gasteiger partial charge in [-0.1, -0.05) is 26.0 Å². The number of anilines is 1. The molecule has 1 atom stereocenters. The van der Waals surface area contributed by atoms with Gasteiger partial charge < -0.3 is 10.1 Å². The van der Waals surface area contributed by atoms with E-state index in [4.69, 9.17) is 4.74 Å². The van der Waals surface area contributed by atoms with Gasteiger partial charge in [0.1, 0.15) is 0 Å². The molecule has 1 amide bonds. The van der Waals surface area contributed by atoms with Gasteiger partial charge in [-0.05, 0) is 36.5 Å². The Balaban J connectivity index is 1.70. The lowest BCUT2D eigenvalue weighted by molar-refractivity contribution is 0.102. The van der Waals surface area contributed by atoms with E-state index in [2.05, 4.69) is 29.4 Å². The van der Waals surface area contributed by atoms with E-state index in [1.54, 1.807) is 0 Å². The Kier molecular flexibility index (Phi) is 4.24. The predicted octanol–water partition coefficient (Wildman–Crippen LogP) is 3.64. The summed E-state index contributed by atoms with van der Waals surface area (Å²) in [6.45, 7) is 5.00. The predicted molar refractivity (Wildman–Crippen MR) is 85.0 cm³/mol. The van der Waals surface area contributed by atoms with Crippen molar-refractivity contribution in [3.8, 4) is 0 Å². The molecule has 1 aromatic heterocycles. The normalized spacial score (nSPS) is 17.9. The zero-order valence-electron chi connectivity index (χ0n) is 12.9. The summed E-state index contributed by atoms with van der Waals surface area (Å²) in [4.78, 5) is 12.3. The second kappa shape index (κ2) is 6.32. The lowest BCUT2D eigenvalue weighted by atomic mass is 10.0. The number of amides is 1. The van der Waals surface area contributed by atoms with Crippen LogP contribution in [0.1, 0.15) is 60.3 Å². The molecule has 0 aliphatic carbocycles. The number of hydrogen-bond donors (Lipinski definition) is 2. The molecule has 2 aromatic rings. The summed E-state index contributed by atoms with van der Waals surface area (Å²) in [5, 5.41) is 9.92. The van der Waals surface area contributed by atoms with Gasteiger partial charge in [-0.25, -0.2) is 0 Å². The highest BCUT2D eigenvalue weighted by Gasteiger charge is 2.20. The molecule has 5 nitrogen and oxygen atoms in total. The van der Waals surface area contributed by atoms with Crippen LogP contribution >= 0.6 is 0 Å². The van der Waals surface area contributed by atoms with Crippen molar-refractivity contribution in [1.82, 2.24) is 10.2 Å². The molecule has 3 rings (SSSR count). The van der Waals surface area contributed by atoms with Crippen LogP contribution in [0.2, 0.25) is 0 Å². The van der Waals surface area contributed by atoms with E-state index in [-0.39, 0.29) is 12.0 Å². The minimum atomic E-state index is -0.145. The summed E-state index contributed by atoms with van der Waals surface area (Å²) >= 11 is 0. The summed E-state index contributed by atoms with van der Waals surface area (Å²) in [5.41, 5.74) is 2.71. The van der Waals surface area contributed by atoms with E-state index < -0.39 is 0 Å². The number of aromatic amines is 1. The van der Waals surface area contributed by atoms with E-state index in [1.807, 2.05) is 30.3 Å². The molecular weight excluding hydrogens is 278 g/mol. The number of nitrogens with one attached hydrogen (secondary N) is 2. The fourth-order valence-corrected chi connectivity index (χ4v) is 2.62. The fraction of sp³-hybridized carbons (Fsp3) is 0.412. The molecule has 1 unspecified atom stereocenters. The Bertz CT molecular complexity index is 657. The van der Waals surface area contributed by atoms with Gasteiger partial charge >= 0.3 is 0 Å². The third kappa shape index (κ3) is 3.20. The number of hydrogen-bond acceptors (Lipinski definition) is 3. The highest BCUT2D eigenvalue weighted by Crippen LogP contribution is 2.28. The molecule has 0 bridgehead atoms. The topological polar surface area (TPSA) is 67.0 Å². The average molecular weight is 299 g/mol. The van der Waals surface area contributed by atoms with E-state index in [9.17, 15) is 4.79 Å². The van der Waals surface area contributed by atoms with Gasteiger partial charge in [-0.2, -0.15) is 5.10 Å². The van der Waals surface area contributed by atoms with Crippen molar-refractivity contribution < 1.29 is 9.53 Å². The van der Waals surface area contributed by atoms with Crippen LogP contribution in [0.15, 0.2) is 30.3 Å². The van der Waals surface area contributed by atoms with Crippen LogP contribution in [-0.2, 0) is 4.74 Å². The molecule has 1 aliphatic rings. The second-order valence-corrected chi connectivity index (χ2v) is 5.94. The summed E-state index contributed by atoms with van der Waals surface area (Å²) in [5.74, 6) is 0.780. The van der Waals surface area contributed by atoms with Crippen molar-refractivity contribution in [2.75, 3.05) is 11.9 Å². The maximum absolute atomic E-state index is 12.3. The van der Waals surface area contributed by atoms with Crippen molar-refractivity contribution in [2.24, 2.45) is 0 Å². The first-order valence-corrected chi connectivity index (χ1v) is 7.71. The number of aromatic nitrogens is 2. The molecule has 0 radical (unpaired) electrons. The number of carbonyl (C=O) groups excluding carboxylic acids is 1. The third-order valence-electron chi connectivity index (χ3n) is 3.93. The molecule has 1 aliphatic heterocycles. The van der Waals surface area contributed by atoms with Crippen LogP contribution in [0.5, 0.6) is 0 Å². The number of rotatable bonds is 4. The van der Waals surface area contributed by atoms with Gasteiger partial charge in [-0.15, -0.1) is 0 Å². The number of H-pyrrole nitrogens is 1. The molecule has 116 valence electrons. The van der Waals surface area contributed by atoms with Crippen LogP contribution in [0.4, 0.5) is 5.82 Å². The summed E-state index contributed by atoms with van der Waals surface area (Å²) in [7, 11) is 0. The smallest absolute Gasteiger partial charge is 0.256 e. The Morgan fingerprint density at radius 1 is 1.41 bits per heavy atom. The molecule has 0 saturated carbocycles. The van der Waals surface area contributed by atoms with Crippen LogP contribution < -0.4 is 5.32 Å². The van der Waals surface area contributed by atoms with Gasteiger partial charge in [-0.3, -0.25) is 9.89 Å². The molecular formula is C17H21N3O2. The Hall–Kier alpha value is -2.14. The number of nitrogens with zero attached hydrogens (tertiary/aromatic N) is 1. The summed E-state index contributed by atoms with van der Waals surface area (Å²) < 4.78 is 5.60. The minimum Gasteiger partial charge on any atom is -0.372 e. The van der Waals surface area contributed by atoms with Gasteiger partial charge in [0, 0.05) is 18.2 Å². The van der Waals surface area contributed by atoms with Gasteiger partial charge in [0.25, 0.3) is 5.91 Å². The lowest BCUT2D eigenvalue weighted by Gasteiger charge is -2.07. The maximum Gasteiger partial charge on any atom is 0.256 e. The first kappa shape index (κ1) is 14.8. The SMILES string of the molecule is CC(C)c1cccc(C(=O)Nc2cc(C3CCCO3)[nH]n2)c1. The van der Waals surface area contributed by atoms with Crippen molar-refractivity contribution in [1.29, 1.82) is 0 Å². The Labute approximate surface area is 130 Å². The molecule has 2 heterocycles. The van der Waals surface area contributed by atoms with Crippen molar-refractivity contribution in [3.05, 3.63) is 47.2 Å².